The van der Waals surface area contributed by atoms with E-state index in [1.165, 1.54) is 0 Å². The fraction of sp³-hybridized carbons (Fsp3) is 0.417. The van der Waals surface area contributed by atoms with Crippen LogP contribution in [0.2, 0.25) is 0 Å². The molecule has 2 aliphatic rings. The summed E-state index contributed by atoms with van der Waals surface area (Å²) in [4.78, 5) is 31.8. The summed E-state index contributed by atoms with van der Waals surface area (Å²) < 4.78 is 5.46. The Labute approximate surface area is 183 Å². The molecule has 7 nitrogen and oxygen atoms in total. The van der Waals surface area contributed by atoms with Crippen LogP contribution >= 0.6 is 0 Å². The van der Waals surface area contributed by atoms with Crippen molar-refractivity contribution in [2.24, 2.45) is 0 Å². The largest absolute Gasteiger partial charge is 0.379 e. The highest BCUT2D eigenvalue weighted by Gasteiger charge is 2.26. The number of anilines is 2. The number of nitrogens with zero attached hydrogens (tertiary/aromatic N) is 3. The van der Waals surface area contributed by atoms with Crippen LogP contribution in [-0.2, 0) is 16.1 Å². The van der Waals surface area contributed by atoms with Gasteiger partial charge in [0.2, 0.25) is 5.91 Å². The normalized spacial score (nSPS) is 17.6. The third kappa shape index (κ3) is 5.06. The molecule has 0 radical (unpaired) electrons. The molecule has 1 unspecified atom stereocenters. The maximum absolute atomic E-state index is 13.6. The lowest BCUT2D eigenvalue weighted by molar-refractivity contribution is -0.115. The molecule has 2 heterocycles. The molecular formula is C24H30N4O3. The second-order valence-electron chi connectivity index (χ2n) is 8.32. The second-order valence-corrected chi connectivity index (χ2v) is 8.32. The van der Waals surface area contributed by atoms with Gasteiger partial charge in [-0.15, -0.1) is 0 Å². The van der Waals surface area contributed by atoms with E-state index in [9.17, 15) is 9.59 Å². The van der Waals surface area contributed by atoms with Gasteiger partial charge >= 0.3 is 0 Å². The van der Waals surface area contributed by atoms with Crippen molar-refractivity contribution in [3.05, 3.63) is 59.7 Å². The lowest BCUT2D eigenvalue weighted by Gasteiger charge is -2.35. The molecule has 164 valence electrons. The van der Waals surface area contributed by atoms with E-state index in [0.29, 0.717) is 24.3 Å². The number of ether oxygens (including phenoxy) is 1. The van der Waals surface area contributed by atoms with E-state index in [-0.39, 0.29) is 17.9 Å². The molecule has 0 spiro atoms. The molecular weight excluding hydrogens is 392 g/mol. The molecule has 1 fully saturated rings. The van der Waals surface area contributed by atoms with Crippen LogP contribution in [0.1, 0.15) is 22.8 Å². The molecule has 0 saturated carbocycles. The van der Waals surface area contributed by atoms with Gasteiger partial charge in [-0.1, -0.05) is 30.3 Å². The van der Waals surface area contributed by atoms with E-state index >= 15 is 0 Å². The van der Waals surface area contributed by atoms with Crippen LogP contribution in [0, 0.1) is 0 Å². The van der Waals surface area contributed by atoms with Gasteiger partial charge in [0, 0.05) is 44.8 Å². The Kier molecular flexibility index (Phi) is 6.53. The summed E-state index contributed by atoms with van der Waals surface area (Å²) in [6.45, 7) is 6.99. The molecule has 0 bridgehead atoms. The molecule has 31 heavy (non-hydrogen) atoms. The number of nitrogens with one attached hydrogen (secondary N) is 1. The van der Waals surface area contributed by atoms with Gasteiger partial charge in [0.1, 0.15) is 0 Å². The van der Waals surface area contributed by atoms with Crippen molar-refractivity contribution >= 4 is 23.2 Å². The summed E-state index contributed by atoms with van der Waals surface area (Å²) in [5.74, 6) is -0.101. The smallest absolute Gasteiger partial charge is 0.254 e. The van der Waals surface area contributed by atoms with Crippen molar-refractivity contribution in [2.45, 2.75) is 19.5 Å². The van der Waals surface area contributed by atoms with Crippen molar-refractivity contribution in [2.75, 3.05) is 56.7 Å². The zero-order chi connectivity index (χ0) is 21.8. The van der Waals surface area contributed by atoms with E-state index in [1.807, 2.05) is 59.3 Å². The number of carbonyl (C=O) groups is 2. The fourth-order valence-corrected chi connectivity index (χ4v) is 4.22. The SMILES string of the molecule is CC(CN1CCOCC1)N(Cc1ccccc1)C(=O)c1ccc2c(c1)NC(=O)CN2C. The molecule has 2 aliphatic heterocycles. The number of amides is 2. The molecule has 2 aromatic rings. The first-order valence-corrected chi connectivity index (χ1v) is 10.8. The first-order valence-electron chi connectivity index (χ1n) is 10.8. The van der Waals surface area contributed by atoms with E-state index < -0.39 is 0 Å². The monoisotopic (exact) mass is 422 g/mol. The summed E-state index contributed by atoms with van der Waals surface area (Å²) in [7, 11) is 1.88. The molecule has 0 aromatic heterocycles. The Bertz CT molecular complexity index is 928. The highest BCUT2D eigenvalue weighted by molar-refractivity contribution is 6.04. The van der Waals surface area contributed by atoms with Gasteiger partial charge in [0.05, 0.1) is 31.1 Å². The Hall–Kier alpha value is -2.90. The fourth-order valence-electron chi connectivity index (χ4n) is 4.22. The third-order valence-electron chi connectivity index (χ3n) is 5.92. The number of benzene rings is 2. The topological polar surface area (TPSA) is 65.1 Å². The maximum atomic E-state index is 13.6. The quantitative estimate of drug-likeness (QED) is 0.775. The van der Waals surface area contributed by atoms with Gasteiger partial charge in [-0.3, -0.25) is 14.5 Å². The molecule has 4 rings (SSSR count). The number of hydrogen-bond acceptors (Lipinski definition) is 5. The Morgan fingerprint density at radius 1 is 1.16 bits per heavy atom. The molecule has 2 aromatic carbocycles. The van der Waals surface area contributed by atoms with Crippen molar-refractivity contribution < 1.29 is 14.3 Å². The lowest BCUT2D eigenvalue weighted by Crippen LogP contribution is -2.48. The van der Waals surface area contributed by atoms with E-state index in [1.54, 1.807) is 6.07 Å². The third-order valence-corrected chi connectivity index (χ3v) is 5.92. The summed E-state index contributed by atoms with van der Waals surface area (Å²) in [6, 6.07) is 15.7. The van der Waals surface area contributed by atoms with Gasteiger partial charge in [0.15, 0.2) is 0 Å². The van der Waals surface area contributed by atoms with Crippen LogP contribution in [-0.4, -0.2) is 74.1 Å². The number of fused-ring (bicyclic) bond motifs is 1. The van der Waals surface area contributed by atoms with Crippen molar-refractivity contribution in [3.63, 3.8) is 0 Å². The average molecular weight is 423 g/mol. The number of likely N-dealkylation sites (N-methyl/N-ethyl adjacent to an activating group) is 1. The summed E-state index contributed by atoms with van der Waals surface area (Å²) >= 11 is 0. The molecule has 1 N–H and O–H groups in total. The van der Waals surface area contributed by atoms with Gasteiger partial charge < -0.3 is 19.9 Å². The summed E-state index contributed by atoms with van der Waals surface area (Å²) in [5.41, 5.74) is 3.28. The Morgan fingerprint density at radius 2 is 1.90 bits per heavy atom. The van der Waals surface area contributed by atoms with Crippen LogP contribution in [0.4, 0.5) is 11.4 Å². The van der Waals surface area contributed by atoms with Crippen LogP contribution in [0.3, 0.4) is 0 Å². The van der Waals surface area contributed by atoms with Crippen molar-refractivity contribution in [1.29, 1.82) is 0 Å². The molecule has 2 amide bonds. The predicted octanol–water partition coefficient (Wildman–Crippen LogP) is 2.44. The van der Waals surface area contributed by atoms with E-state index in [2.05, 4.69) is 17.1 Å². The zero-order valence-electron chi connectivity index (χ0n) is 18.2. The molecule has 1 atom stereocenters. The summed E-state index contributed by atoms with van der Waals surface area (Å²) in [5, 5.41) is 2.90. The Balaban J connectivity index is 1.58. The second kappa shape index (κ2) is 9.49. The minimum absolute atomic E-state index is 0.0269. The first kappa shape index (κ1) is 21.3. The predicted molar refractivity (Wildman–Crippen MR) is 121 cm³/mol. The zero-order valence-corrected chi connectivity index (χ0v) is 18.2. The van der Waals surface area contributed by atoms with E-state index in [0.717, 1.165) is 44.1 Å². The number of morpholine rings is 1. The molecule has 1 saturated heterocycles. The number of carbonyl (C=O) groups excluding carboxylic acids is 2. The van der Waals surface area contributed by atoms with Crippen LogP contribution in [0.15, 0.2) is 48.5 Å². The minimum atomic E-state index is -0.0681. The number of hydrogen-bond donors (Lipinski definition) is 1. The highest BCUT2D eigenvalue weighted by atomic mass is 16.5. The highest BCUT2D eigenvalue weighted by Crippen LogP contribution is 2.30. The standard InChI is InChI=1S/C24H30N4O3/c1-18(15-27-10-12-31-13-11-27)28(16-19-6-4-3-5-7-19)24(30)20-8-9-22-21(14-20)25-23(29)17-26(22)2/h3-9,14,18H,10-13,15-17H2,1-2H3,(H,25,29). The van der Waals surface area contributed by atoms with E-state index in [4.69, 9.17) is 4.74 Å². The maximum Gasteiger partial charge on any atom is 0.254 e. The minimum Gasteiger partial charge on any atom is -0.379 e. The van der Waals surface area contributed by atoms with Crippen molar-refractivity contribution in [3.8, 4) is 0 Å². The van der Waals surface area contributed by atoms with Crippen LogP contribution in [0.5, 0.6) is 0 Å². The van der Waals surface area contributed by atoms with Gasteiger partial charge in [-0.2, -0.15) is 0 Å². The van der Waals surface area contributed by atoms with Gasteiger partial charge in [-0.25, -0.2) is 0 Å². The molecule has 7 heteroatoms. The average Bonchev–Trinajstić information content (AvgIpc) is 2.78. The number of rotatable bonds is 6. The van der Waals surface area contributed by atoms with Gasteiger partial charge in [0.25, 0.3) is 5.91 Å². The lowest BCUT2D eigenvalue weighted by atomic mass is 10.1. The van der Waals surface area contributed by atoms with Crippen LogP contribution in [0.25, 0.3) is 0 Å². The summed E-state index contributed by atoms with van der Waals surface area (Å²) in [6.07, 6.45) is 0. The van der Waals surface area contributed by atoms with Crippen LogP contribution < -0.4 is 10.2 Å². The first-order chi connectivity index (χ1) is 15.0. The van der Waals surface area contributed by atoms with Crippen molar-refractivity contribution in [1.82, 2.24) is 9.80 Å². The molecule has 0 aliphatic carbocycles. The Morgan fingerprint density at radius 3 is 2.65 bits per heavy atom. The van der Waals surface area contributed by atoms with Gasteiger partial charge in [-0.05, 0) is 30.7 Å².